The Morgan fingerprint density at radius 1 is 1.16 bits per heavy atom. The number of hydrogen-bond acceptors (Lipinski definition) is 5. The highest BCUT2D eigenvalue weighted by Gasteiger charge is 2.76. The topological polar surface area (TPSA) is 79.4 Å². The third-order valence-corrected chi connectivity index (χ3v) is 14.3. The first-order valence-electron chi connectivity index (χ1n) is 11.4. The van der Waals surface area contributed by atoms with Crippen LogP contribution in [0.5, 0.6) is 0 Å². The molecule has 0 aromatic heterocycles. The highest BCUT2D eigenvalue weighted by Crippen LogP contribution is 2.59. The molecular formula is C23H37NO5SSi. The maximum atomic E-state index is 13.8. The Labute approximate surface area is 188 Å². The van der Waals surface area contributed by atoms with Gasteiger partial charge < -0.3 is 14.3 Å². The highest BCUT2D eigenvalue weighted by molar-refractivity contribution is 7.89. The monoisotopic (exact) mass is 467 g/mol. The summed E-state index contributed by atoms with van der Waals surface area (Å²) in [6.07, 6.45) is 2.95. The van der Waals surface area contributed by atoms with Crippen LogP contribution in [0, 0.1) is 6.92 Å². The van der Waals surface area contributed by atoms with E-state index in [0.717, 1.165) is 18.4 Å². The number of fused-ring (bicyclic) bond motifs is 1. The van der Waals surface area contributed by atoms with E-state index in [0.29, 0.717) is 19.3 Å². The molecule has 3 atom stereocenters. The average Bonchev–Trinajstić information content (AvgIpc) is 3.24. The quantitative estimate of drug-likeness (QED) is 0.519. The number of ether oxygens (including phenoxy) is 1. The standard InChI is InChI=1S/C23H37NO5SSi/c1-17-9-11-19(12-10-17)30(26,27)24-16-18(29-31(5,6)21(2,3)4)15-20-23(24,28-20)22(25)13-7-8-14-22/h9-12,18,20,25H,7-8,13-16H2,1-6H3/t18-,20-,23+/m0/s1. The van der Waals surface area contributed by atoms with Crippen molar-refractivity contribution >= 4 is 18.3 Å². The molecule has 0 amide bonds. The van der Waals surface area contributed by atoms with Gasteiger partial charge in [-0.15, -0.1) is 0 Å². The molecule has 0 radical (unpaired) electrons. The first-order valence-corrected chi connectivity index (χ1v) is 15.8. The van der Waals surface area contributed by atoms with Crippen molar-refractivity contribution < 1.29 is 22.7 Å². The van der Waals surface area contributed by atoms with Crippen LogP contribution in [0.15, 0.2) is 29.2 Å². The molecule has 3 fully saturated rings. The Kier molecular flexibility index (Phi) is 5.56. The third kappa shape index (κ3) is 3.73. The lowest BCUT2D eigenvalue weighted by Crippen LogP contribution is -2.63. The molecule has 4 rings (SSSR count). The summed E-state index contributed by atoms with van der Waals surface area (Å²) in [6.45, 7) is 13.1. The zero-order valence-electron chi connectivity index (χ0n) is 19.6. The van der Waals surface area contributed by atoms with E-state index in [1.807, 2.05) is 19.1 Å². The van der Waals surface area contributed by atoms with Gasteiger partial charge in [0.2, 0.25) is 10.0 Å². The van der Waals surface area contributed by atoms with Crippen molar-refractivity contribution in [3.05, 3.63) is 29.8 Å². The van der Waals surface area contributed by atoms with Crippen molar-refractivity contribution in [3.8, 4) is 0 Å². The third-order valence-electron chi connectivity index (χ3n) is 7.89. The maximum absolute atomic E-state index is 13.8. The summed E-state index contributed by atoms with van der Waals surface area (Å²) < 4.78 is 41.9. The summed E-state index contributed by atoms with van der Waals surface area (Å²) in [5, 5.41) is 11.6. The van der Waals surface area contributed by atoms with Gasteiger partial charge in [-0.05, 0) is 50.0 Å². The Balaban J connectivity index is 1.71. The number of benzene rings is 1. The molecule has 0 bridgehead atoms. The minimum atomic E-state index is -3.86. The van der Waals surface area contributed by atoms with Crippen LogP contribution in [0.25, 0.3) is 0 Å². The average molecular weight is 468 g/mol. The van der Waals surface area contributed by atoms with Gasteiger partial charge in [-0.3, -0.25) is 0 Å². The van der Waals surface area contributed by atoms with Crippen LogP contribution in [-0.2, 0) is 19.2 Å². The van der Waals surface area contributed by atoms with Gasteiger partial charge in [-0.1, -0.05) is 51.3 Å². The van der Waals surface area contributed by atoms with Gasteiger partial charge in [0.15, 0.2) is 14.0 Å². The van der Waals surface area contributed by atoms with E-state index < -0.39 is 29.7 Å². The predicted molar refractivity (Wildman–Crippen MR) is 123 cm³/mol. The fourth-order valence-electron chi connectivity index (χ4n) is 5.00. The fourth-order valence-corrected chi connectivity index (χ4v) is 8.14. The first-order chi connectivity index (χ1) is 14.2. The zero-order valence-corrected chi connectivity index (χ0v) is 21.5. The molecule has 1 aromatic carbocycles. The van der Waals surface area contributed by atoms with E-state index in [1.165, 1.54) is 4.31 Å². The van der Waals surface area contributed by atoms with Gasteiger partial charge in [0.25, 0.3) is 0 Å². The van der Waals surface area contributed by atoms with Crippen LogP contribution in [0.3, 0.4) is 0 Å². The van der Waals surface area contributed by atoms with Crippen LogP contribution >= 0.6 is 0 Å². The summed E-state index contributed by atoms with van der Waals surface area (Å²) in [4.78, 5) is 0.237. The van der Waals surface area contributed by atoms with Crippen molar-refractivity contribution in [2.75, 3.05) is 6.54 Å². The first kappa shape index (κ1) is 23.4. The van der Waals surface area contributed by atoms with E-state index >= 15 is 0 Å². The van der Waals surface area contributed by atoms with E-state index in [4.69, 9.17) is 9.16 Å². The second kappa shape index (κ2) is 7.37. The predicted octanol–water partition coefficient (Wildman–Crippen LogP) is 4.18. The minimum Gasteiger partial charge on any atom is -0.412 e. The normalized spacial score (nSPS) is 31.5. The summed E-state index contributed by atoms with van der Waals surface area (Å²) in [5.74, 6) is 0. The van der Waals surface area contributed by atoms with Crippen molar-refractivity contribution in [3.63, 3.8) is 0 Å². The number of hydrogen-bond donors (Lipinski definition) is 1. The summed E-state index contributed by atoms with van der Waals surface area (Å²) in [6, 6.07) is 6.91. The summed E-state index contributed by atoms with van der Waals surface area (Å²) in [7, 11) is -5.95. The number of rotatable bonds is 5. The lowest BCUT2D eigenvalue weighted by Gasteiger charge is -2.45. The summed E-state index contributed by atoms with van der Waals surface area (Å²) >= 11 is 0. The zero-order chi connectivity index (χ0) is 22.9. The van der Waals surface area contributed by atoms with Gasteiger partial charge >= 0.3 is 0 Å². The Hall–Kier alpha value is -0.773. The van der Waals surface area contributed by atoms with Crippen molar-refractivity contribution in [2.45, 2.75) is 106 Å². The molecule has 2 aliphatic heterocycles. The summed E-state index contributed by atoms with van der Waals surface area (Å²) in [5.41, 5.74) is -1.31. The number of piperidine rings is 1. The van der Waals surface area contributed by atoms with Gasteiger partial charge in [-0.2, -0.15) is 4.31 Å². The molecule has 31 heavy (non-hydrogen) atoms. The molecule has 0 spiro atoms. The number of sulfonamides is 1. The second-order valence-corrected chi connectivity index (χ2v) is 17.7. The molecule has 1 saturated carbocycles. The van der Waals surface area contributed by atoms with Crippen LogP contribution in [-0.4, -0.2) is 56.2 Å². The van der Waals surface area contributed by atoms with Crippen LogP contribution in [0.2, 0.25) is 18.1 Å². The molecule has 1 N–H and O–H groups in total. The van der Waals surface area contributed by atoms with E-state index in [1.54, 1.807) is 12.1 Å². The molecule has 0 unspecified atom stereocenters. The number of epoxide rings is 1. The lowest BCUT2D eigenvalue weighted by molar-refractivity contribution is -0.0905. The largest absolute Gasteiger partial charge is 0.412 e. The van der Waals surface area contributed by atoms with Crippen LogP contribution < -0.4 is 0 Å². The van der Waals surface area contributed by atoms with Crippen molar-refractivity contribution in [1.82, 2.24) is 4.31 Å². The molecule has 1 aliphatic carbocycles. The van der Waals surface area contributed by atoms with Gasteiger partial charge in [0, 0.05) is 13.0 Å². The molecular weight excluding hydrogens is 430 g/mol. The van der Waals surface area contributed by atoms with E-state index in [-0.39, 0.29) is 28.7 Å². The molecule has 8 heteroatoms. The molecule has 1 aromatic rings. The molecule has 2 saturated heterocycles. The van der Waals surface area contributed by atoms with Crippen LogP contribution in [0.4, 0.5) is 0 Å². The molecule has 2 heterocycles. The van der Waals surface area contributed by atoms with Crippen molar-refractivity contribution in [2.24, 2.45) is 0 Å². The van der Waals surface area contributed by atoms with Gasteiger partial charge in [0.1, 0.15) is 11.7 Å². The number of nitrogens with zero attached hydrogens (tertiary/aromatic N) is 1. The maximum Gasteiger partial charge on any atom is 0.245 e. The second-order valence-electron chi connectivity index (χ2n) is 11.1. The van der Waals surface area contributed by atoms with E-state index in [9.17, 15) is 13.5 Å². The Morgan fingerprint density at radius 3 is 2.29 bits per heavy atom. The molecule has 174 valence electrons. The van der Waals surface area contributed by atoms with Crippen LogP contribution in [0.1, 0.15) is 58.4 Å². The Morgan fingerprint density at radius 2 is 1.74 bits per heavy atom. The van der Waals surface area contributed by atoms with E-state index in [2.05, 4.69) is 33.9 Å². The SMILES string of the molecule is Cc1ccc(S(=O)(=O)N2C[C@@H](O[Si](C)(C)C(C)(C)C)C[C@@H]3O[C@@]32C2(O)CCCC2)cc1. The van der Waals surface area contributed by atoms with Crippen molar-refractivity contribution in [1.29, 1.82) is 0 Å². The number of aliphatic hydroxyl groups is 1. The minimum absolute atomic E-state index is 0.0241. The smallest absolute Gasteiger partial charge is 0.245 e. The lowest BCUT2D eigenvalue weighted by atomic mass is 9.85. The van der Waals surface area contributed by atoms with Gasteiger partial charge in [0.05, 0.1) is 11.0 Å². The highest BCUT2D eigenvalue weighted by atomic mass is 32.2. The Bertz CT molecular complexity index is 934. The number of aryl methyl sites for hydroxylation is 1. The fraction of sp³-hybridized carbons (Fsp3) is 0.739. The van der Waals surface area contributed by atoms with Gasteiger partial charge in [-0.25, -0.2) is 8.42 Å². The molecule has 3 aliphatic rings. The molecule has 6 nitrogen and oxygen atoms in total.